The molecule has 140 valence electrons. The number of hydrogen-bond acceptors (Lipinski definition) is 3. The summed E-state index contributed by atoms with van der Waals surface area (Å²) < 4.78 is 27.9. The van der Waals surface area contributed by atoms with Gasteiger partial charge in [0.05, 0.1) is 4.90 Å². The molecule has 0 unspecified atom stereocenters. The van der Waals surface area contributed by atoms with Gasteiger partial charge in [0.1, 0.15) is 0 Å². The molecule has 1 N–H and O–H groups in total. The van der Waals surface area contributed by atoms with Crippen LogP contribution in [0.5, 0.6) is 0 Å². The number of amides is 1. The Balaban J connectivity index is 2.40. The Hall–Kier alpha value is -1.70. The first-order valence-corrected chi connectivity index (χ1v) is 10.6. The van der Waals surface area contributed by atoms with Crippen molar-refractivity contribution in [2.45, 2.75) is 32.6 Å². The average Bonchev–Trinajstić information content (AvgIpc) is 2.59. The number of hydrogen-bond donors (Lipinski definition) is 1. The highest BCUT2D eigenvalue weighted by Crippen LogP contribution is 2.24. The van der Waals surface area contributed by atoms with Gasteiger partial charge in [0, 0.05) is 28.8 Å². The Labute approximate surface area is 163 Å². The number of halogens is 1. The Morgan fingerprint density at radius 2 is 1.65 bits per heavy atom. The van der Waals surface area contributed by atoms with Gasteiger partial charge in [-0.3, -0.25) is 4.79 Å². The molecule has 5 nitrogen and oxygen atoms in total. The van der Waals surface area contributed by atoms with Crippen molar-refractivity contribution < 1.29 is 13.2 Å². The molecule has 0 spiro atoms. The number of aryl methyl sites for hydroxylation is 2. The second-order valence-corrected chi connectivity index (χ2v) is 8.81. The lowest BCUT2D eigenvalue weighted by Gasteiger charge is -2.20. The normalized spacial score (nSPS) is 11.6. The Kier molecular flexibility index (Phi) is 6.60. The van der Waals surface area contributed by atoms with E-state index in [2.05, 4.69) is 21.2 Å². The number of carbonyl (C=O) groups is 1. The summed E-state index contributed by atoms with van der Waals surface area (Å²) in [4.78, 5) is 12.8. The maximum atomic E-state index is 12.8. The number of anilines is 1. The van der Waals surface area contributed by atoms with E-state index in [1.165, 1.54) is 10.4 Å². The van der Waals surface area contributed by atoms with Crippen LogP contribution in [0.1, 0.15) is 35.3 Å². The van der Waals surface area contributed by atoms with Gasteiger partial charge in [-0.1, -0.05) is 41.9 Å². The molecule has 2 rings (SSSR count). The Morgan fingerprint density at radius 3 is 2.27 bits per heavy atom. The first kappa shape index (κ1) is 20.6. The molecule has 0 fully saturated rings. The Morgan fingerprint density at radius 1 is 1.04 bits per heavy atom. The van der Waals surface area contributed by atoms with Crippen molar-refractivity contribution in [3.8, 4) is 0 Å². The smallest absolute Gasteiger partial charge is 0.255 e. The number of benzene rings is 2. The highest BCUT2D eigenvalue weighted by atomic mass is 79.9. The molecule has 7 heteroatoms. The maximum Gasteiger partial charge on any atom is 0.255 e. The summed E-state index contributed by atoms with van der Waals surface area (Å²) in [7, 11) is -3.63. The zero-order valence-electron chi connectivity index (χ0n) is 15.3. The summed E-state index contributed by atoms with van der Waals surface area (Å²) in [6.45, 7) is 7.98. The van der Waals surface area contributed by atoms with Gasteiger partial charge in [-0.25, -0.2) is 8.42 Å². The monoisotopic (exact) mass is 438 g/mol. The number of nitrogens with one attached hydrogen (secondary N) is 1. The van der Waals surface area contributed by atoms with E-state index in [4.69, 9.17) is 0 Å². The van der Waals surface area contributed by atoms with E-state index in [0.29, 0.717) is 29.9 Å². The first-order chi connectivity index (χ1) is 12.2. The number of rotatable bonds is 6. The Bertz CT molecular complexity index is 922. The summed E-state index contributed by atoms with van der Waals surface area (Å²) in [6.07, 6.45) is 0. The van der Waals surface area contributed by atoms with E-state index in [1.807, 2.05) is 25.1 Å². The van der Waals surface area contributed by atoms with Gasteiger partial charge >= 0.3 is 0 Å². The summed E-state index contributed by atoms with van der Waals surface area (Å²) in [5.41, 5.74) is 2.52. The number of sulfonamides is 1. The quantitative estimate of drug-likeness (QED) is 0.728. The van der Waals surface area contributed by atoms with Crippen molar-refractivity contribution in [1.82, 2.24) is 4.31 Å². The van der Waals surface area contributed by atoms with Crippen molar-refractivity contribution in [1.29, 1.82) is 0 Å². The van der Waals surface area contributed by atoms with E-state index < -0.39 is 10.0 Å². The highest BCUT2D eigenvalue weighted by molar-refractivity contribution is 9.10. The molecule has 2 aromatic carbocycles. The molecule has 26 heavy (non-hydrogen) atoms. The predicted molar refractivity (Wildman–Crippen MR) is 108 cm³/mol. The number of nitrogens with zero attached hydrogens (tertiary/aromatic N) is 1. The van der Waals surface area contributed by atoms with Crippen LogP contribution in [0.4, 0.5) is 5.69 Å². The van der Waals surface area contributed by atoms with Gasteiger partial charge in [-0.15, -0.1) is 0 Å². The zero-order valence-corrected chi connectivity index (χ0v) is 17.7. The standard InChI is InChI=1S/C19H23BrN2O3S/c1-5-22(6-2)26(24,25)18-11-15(9-7-14(18)4)19(23)21-17-12-16(20)10-8-13(17)3/h7-12H,5-6H2,1-4H3,(H,21,23). The van der Waals surface area contributed by atoms with Crippen LogP contribution in [0.2, 0.25) is 0 Å². The molecule has 0 saturated carbocycles. The van der Waals surface area contributed by atoms with Gasteiger partial charge in [0.25, 0.3) is 5.91 Å². The average molecular weight is 439 g/mol. The molecule has 0 aliphatic heterocycles. The lowest BCUT2D eigenvalue weighted by Crippen LogP contribution is -2.31. The van der Waals surface area contributed by atoms with Crippen LogP contribution in [0.25, 0.3) is 0 Å². The van der Waals surface area contributed by atoms with Gasteiger partial charge in [-0.05, 0) is 49.2 Å². The van der Waals surface area contributed by atoms with Gasteiger partial charge in [0.15, 0.2) is 0 Å². The molecule has 0 aromatic heterocycles. The summed E-state index contributed by atoms with van der Waals surface area (Å²) in [5, 5.41) is 2.85. The molecular weight excluding hydrogens is 416 g/mol. The maximum absolute atomic E-state index is 12.8. The number of carbonyl (C=O) groups excluding carboxylic acids is 1. The fourth-order valence-corrected chi connectivity index (χ4v) is 4.72. The van der Waals surface area contributed by atoms with Crippen molar-refractivity contribution in [2.24, 2.45) is 0 Å². The minimum atomic E-state index is -3.63. The topological polar surface area (TPSA) is 66.5 Å². The third-order valence-corrected chi connectivity index (χ3v) is 6.91. The van der Waals surface area contributed by atoms with E-state index in [-0.39, 0.29) is 10.8 Å². The molecule has 0 bridgehead atoms. The van der Waals surface area contributed by atoms with Crippen LogP contribution in [-0.2, 0) is 10.0 Å². The lowest BCUT2D eigenvalue weighted by atomic mass is 10.1. The van der Waals surface area contributed by atoms with Crippen LogP contribution in [0.3, 0.4) is 0 Å². The minimum Gasteiger partial charge on any atom is -0.322 e. The summed E-state index contributed by atoms with van der Waals surface area (Å²) >= 11 is 3.39. The van der Waals surface area contributed by atoms with Crippen LogP contribution in [-0.4, -0.2) is 31.7 Å². The van der Waals surface area contributed by atoms with Crippen LogP contribution < -0.4 is 5.32 Å². The largest absolute Gasteiger partial charge is 0.322 e. The van der Waals surface area contributed by atoms with Crippen molar-refractivity contribution >= 4 is 37.5 Å². The first-order valence-electron chi connectivity index (χ1n) is 8.39. The van der Waals surface area contributed by atoms with E-state index in [1.54, 1.807) is 32.9 Å². The fraction of sp³-hybridized carbons (Fsp3) is 0.316. The molecule has 0 heterocycles. The van der Waals surface area contributed by atoms with Crippen molar-refractivity contribution in [3.05, 3.63) is 57.6 Å². The second-order valence-electron chi connectivity index (χ2n) is 5.98. The van der Waals surface area contributed by atoms with Crippen LogP contribution in [0, 0.1) is 13.8 Å². The highest BCUT2D eigenvalue weighted by Gasteiger charge is 2.24. The molecule has 0 saturated heterocycles. The van der Waals surface area contributed by atoms with Crippen LogP contribution >= 0.6 is 15.9 Å². The van der Waals surface area contributed by atoms with E-state index >= 15 is 0 Å². The van der Waals surface area contributed by atoms with Crippen molar-refractivity contribution in [2.75, 3.05) is 18.4 Å². The lowest BCUT2D eigenvalue weighted by molar-refractivity contribution is 0.102. The summed E-state index contributed by atoms with van der Waals surface area (Å²) in [6, 6.07) is 10.4. The van der Waals surface area contributed by atoms with Crippen LogP contribution in [0.15, 0.2) is 45.8 Å². The molecule has 0 aliphatic rings. The minimum absolute atomic E-state index is 0.166. The molecule has 0 aliphatic carbocycles. The van der Waals surface area contributed by atoms with Gasteiger partial charge in [-0.2, -0.15) is 4.31 Å². The second kappa shape index (κ2) is 8.33. The third kappa shape index (κ3) is 4.34. The molecule has 1 amide bonds. The predicted octanol–water partition coefficient (Wildman–Crippen LogP) is 4.35. The fourth-order valence-electron chi connectivity index (χ4n) is 2.65. The van der Waals surface area contributed by atoms with Gasteiger partial charge < -0.3 is 5.32 Å². The van der Waals surface area contributed by atoms with E-state index in [0.717, 1.165) is 10.0 Å². The van der Waals surface area contributed by atoms with Crippen molar-refractivity contribution in [3.63, 3.8) is 0 Å². The summed E-state index contributed by atoms with van der Waals surface area (Å²) in [5.74, 6) is -0.345. The molecule has 0 radical (unpaired) electrons. The molecule has 2 aromatic rings. The zero-order chi connectivity index (χ0) is 19.5. The molecule has 0 atom stereocenters. The SMILES string of the molecule is CCN(CC)S(=O)(=O)c1cc(C(=O)Nc2cc(Br)ccc2C)ccc1C. The third-order valence-electron chi connectivity index (χ3n) is 4.22. The van der Waals surface area contributed by atoms with E-state index in [9.17, 15) is 13.2 Å². The van der Waals surface area contributed by atoms with Gasteiger partial charge in [0.2, 0.25) is 10.0 Å². The molecular formula is C19H23BrN2O3S.